The molecule has 2 aromatic rings. The minimum Gasteiger partial charge on any atom is -0.338 e. The van der Waals surface area contributed by atoms with Crippen LogP contribution in [0.4, 0.5) is 0 Å². The van der Waals surface area contributed by atoms with Gasteiger partial charge in [0.2, 0.25) is 5.91 Å². The average Bonchev–Trinajstić information content (AvgIpc) is 3.14. The van der Waals surface area contributed by atoms with Crippen LogP contribution in [0.3, 0.4) is 0 Å². The number of carbonyl (C=O) groups is 1. The fourth-order valence-corrected chi connectivity index (χ4v) is 4.52. The van der Waals surface area contributed by atoms with Gasteiger partial charge in [0.15, 0.2) is 0 Å². The fraction of sp³-hybridized carbons (Fsp3) is 0.474. The number of aromatic nitrogens is 1. The lowest BCUT2D eigenvalue weighted by molar-refractivity contribution is -0.138. The third-order valence-corrected chi connectivity index (χ3v) is 5.92. The van der Waals surface area contributed by atoms with Gasteiger partial charge in [-0.25, -0.2) is 0 Å². The summed E-state index contributed by atoms with van der Waals surface area (Å²) < 4.78 is 0. The van der Waals surface area contributed by atoms with Crippen LogP contribution >= 0.6 is 11.3 Å². The number of hydrogen-bond acceptors (Lipinski definition) is 4. The zero-order chi connectivity index (χ0) is 16.4. The third-order valence-electron chi connectivity index (χ3n) is 5.16. The van der Waals surface area contributed by atoms with E-state index in [-0.39, 0.29) is 5.92 Å². The molecule has 0 aliphatic carbocycles. The Hall–Kier alpha value is -1.72. The van der Waals surface area contributed by atoms with Crippen molar-refractivity contribution in [3.8, 4) is 0 Å². The molecule has 0 radical (unpaired) electrons. The molecule has 2 aliphatic rings. The van der Waals surface area contributed by atoms with E-state index in [0.717, 1.165) is 52.0 Å². The van der Waals surface area contributed by atoms with Gasteiger partial charge in [0, 0.05) is 37.3 Å². The highest BCUT2D eigenvalue weighted by Crippen LogP contribution is 2.25. The molecule has 1 fully saturated rings. The number of rotatable bonds is 3. The SMILES string of the molecule is O=C(C1CCCN(Cc2cncs2)C1)N1CCc2ccccc2C1. The summed E-state index contributed by atoms with van der Waals surface area (Å²) in [4.78, 5) is 22.9. The molecule has 4 nitrogen and oxygen atoms in total. The lowest BCUT2D eigenvalue weighted by atomic mass is 9.94. The molecule has 0 N–H and O–H groups in total. The van der Waals surface area contributed by atoms with Crippen molar-refractivity contribution in [2.75, 3.05) is 19.6 Å². The van der Waals surface area contributed by atoms with Crippen LogP contribution in [-0.4, -0.2) is 40.3 Å². The fourth-order valence-electron chi connectivity index (χ4n) is 3.88. The van der Waals surface area contributed by atoms with Gasteiger partial charge in [-0.3, -0.25) is 14.7 Å². The Labute approximate surface area is 147 Å². The van der Waals surface area contributed by atoms with E-state index in [1.54, 1.807) is 11.3 Å². The van der Waals surface area contributed by atoms with Crippen molar-refractivity contribution in [3.63, 3.8) is 0 Å². The first kappa shape index (κ1) is 15.8. The van der Waals surface area contributed by atoms with Crippen molar-refractivity contribution in [2.45, 2.75) is 32.4 Å². The van der Waals surface area contributed by atoms with E-state index in [9.17, 15) is 4.79 Å². The van der Waals surface area contributed by atoms with Gasteiger partial charge in [-0.2, -0.15) is 0 Å². The Morgan fingerprint density at radius 1 is 1.25 bits per heavy atom. The lowest BCUT2D eigenvalue weighted by Crippen LogP contribution is -2.46. The predicted molar refractivity (Wildman–Crippen MR) is 95.7 cm³/mol. The van der Waals surface area contributed by atoms with E-state index in [1.165, 1.54) is 16.0 Å². The molecular formula is C19H23N3OS. The Kier molecular flexibility index (Phi) is 4.63. The second-order valence-electron chi connectivity index (χ2n) is 6.82. The molecule has 1 unspecified atom stereocenters. The summed E-state index contributed by atoms with van der Waals surface area (Å²) in [5.41, 5.74) is 4.60. The van der Waals surface area contributed by atoms with Crippen molar-refractivity contribution < 1.29 is 4.79 Å². The molecule has 24 heavy (non-hydrogen) atoms. The second-order valence-corrected chi connectivity index (χ2v) is 7.79. The minimum absolute atomic E-state index is 0.150. The molecule has 3 heterocycles. The van der Waals surface area contributed by atoms with Gasteiger partial charge in [0.05, 0.1) is 11.4 Å². The lowest BCUT2D eigenvalue weighted by Gasteiger charge is -2.36. The van der Waals surface area contributed by atoms with E-state index in [2.05, 4.69) is 39.0 Å². The first-order valence-electron chi connectivity index (χ1n) is 8.75. The van der Waals surface area contributed by atoms with Gasteiger partial charge in [-0.1, -0.05) is 24.3 Å². The molecule has 1 atom stereocenters. The predicted octanol–water partition coefficient (Wildman–Crippen LogP) is 2.94. The van der Waals surface area contributed by atoms with E-state index in [4.69, 9.17) is 0 Å². The van der Waals surface area contributed by atoms with Crippen LogP contribution in [-0.2, 0) is 24.3 Å². The van der Waals surface area contributed by atoms with E-state index in [0.29, 0.717) is 5.91 Å². The van der Waals surface area contributed by atoms with Gasteiger partial charge in [-0.15, -0.1) is 11.3 Å². The molecule has 4 rings (SSSR count). The van der Waals surface area contributed by atoms with Crippen LogP contribution in [0.2, 0.25) is 0 Å². The van der Waals surface area contributed by atoms with Gasteiger partial charge < -0.3 is 4.90 Å². The van der Waals surface area contributed by atoms with Crippen LogP contribution in [0.15, 0.2) is 36.0 Å². The van der Waals surface area contributed by atoms with Crippen molar-refractivity contribution in [1.29, 1.82) is 0 Å². The van der Waals surface area contributed by atoms with Gasteiger partial charge >= 0.3 is 0 Å². The molecular weight excluding hydrogens is 318 g/mol. The van der Waals surface area contributed by atoms with Gasteiger partial charge in [-0.05, 0) is 36.9 Å². The largest absolute Gasteiger partial charge is 0.338 e. The first-order chi connectivity index (χ1) is 11.8. The minimum atomic E-state index is 0.150. The van der Waals surface area contributed by atoms with Crippen LogP contribution < -0.4 is 0 Å². The number of amides is 1. The Morgan fingerprint density at radius 2 is 2.12 bits per heavy atom. The monoisotopic (exact) mass is 341 g/mol. The summed E-state index contributed by atoms with van der Waals surface area (Å²) in [6.07, 6.45) is 5.06. The first-order valence-corrected chi connectivity index (χ1v) is 9.63. The van der Waals surface area contributed by atoms with Crippen molar-refractivity contribution in [2.24, 2.45) is 5.92 Å². The molecule has 2 aliphatic heterocycles. The van der Waals surface area contributed by atoms with Crippen LogP contribution in [0.25, 0.3) is 0 Å². The molecule has 0 spiro atoms. The zero-order valence-electron chi connectivity index (χ0n) is 13.9. The summed E-state index contributed by atoms with van der Waals surface area (Å²) in [6, 6.07) is 8.51. The highest BCUT2D eigenvalue weighted by Gasteiger charge is 2.30. The van der Waals surface area contributed by atoms with Gasteiger partial charge in [0.1, 0.15) is 0 Å². The summed E-state index contributed by atoms with van der Waals surface area (Å²) in [6.45, 7) is 4.54. The standard InChI is InChI=1S/C19H23N3OS/c23-19(22-9-7-15-4-1-2-5-16(15)12-22)17-6-3-8-21(11-17)13-18-10-20-14-24-18/h1-2,4-5,10,14,17H,3,6-9,11-13H2. The molecule has 126 valence electrons. The molecule has 5 heteroatoms. The summed E-state index contributed by atoms with van der Waals surface area (Å²) in [5.74, 6) is 0.496. The molecule has 1 saturated heterocycles. The number of likely N-dealkylation sites (tertiary alicyclic amines) is 1. The molecule has 1 aromatic carbocycles. The van der Waals surface area contributed by atoms with Crippen LogP contribution in [0, 0.1) is 5.92 Å². The molecule has 0 saturated carbocycles. The number of thiazole rings is 1. The number of nitrogens with zero attached hydrogens (tertiary/aromatic N) is 3. The smallest absolute Gasteiger partial charge is 0.227 e. The number of carbonyl (C=O) groups excluding carboxylic acids is 1. The Balaban J connectivity index is 1.39. The number of hydrogen-bond donors (Lipinski definition) is 0. The number of fused-ring (bicyclic) bond motifs is 1. The molecule has 1 amide bonds. The maximum absolute atomic E-state index is 13.0. The Morgan fingerprint density at radius 3 is 2.96 bits per heavy atom. The van der Waals surface area contributed by atoms with Crippen molar-refractivity contribution in [3.05, 3.63) is 52.0 Å². The van der Waals surface area contributed by atoms with Crippen LogP contribution in [0.5, 0.6) is 0 Å². The second kappa shape index (κ2) is 7.03. The molecule has 1 aromatic heterocycles. The summed E-state index contributed by atoms with van der Waals surface area (Å²) >= 11 is 1.70. The van der Waals surface area contributed by atoms with Crippen molar-refractivity contribution in [1.82, 2.24) is 14.8 Å². The third kappa shape index (κ3) is 3.37. The molecule has 0 bridgehead atoms. The number of piperidine rings is 1. The van der Waals surface area contributed by atoms with Crippen LogP contribution in [0.1, 0.15) is 28.8 Å². The van der Waals surface area contributed by atoms with Gasteiger partial charge in [0.25, 0.3) is 0 Å². The summed E-state index contributed by atoms with van der Waals surface area (Å²) in [7, 11) is 0. The maximum atomic E-state index is 13.0. The average molecular weight is 341 g/mol. The highest BCUT2D eigenvalue weighted by molar-refractivity contribution is 7.09. The van der Waals surface area contributed by atoms with Crippen molar-refractivity contribution >= 4 is 17.2 Å². The normalized spacial score (nSPS) is 21.5. The topological polar surface area (TPSA) is 36.4 Å². The van der Waals surface area contributed by atoms with E-state index in [1.807, 2.05) is 11.7 Å². The zero-order valence-corrected chi connectivity index (χ0v) is 14.7. The quantitative estimate of drug-likeness (QED) is 0.861. The summed E-state index contributed by atoms with van der Waals surface area (Å²) in [5, 5.41) is 0. The Bertz CT molecular complexity index is 700. The van der Waals surface area contributed by atoms with E-state index < -0.39 is 0 Å². The number of benzene rings is 1. The highest BCUT2D eigenvalue weighted by atomic mass is 32.1. The van der Waals surface area contributed by atoms with E-state index >= 15 is 0 Å². The maximum Gasteiger partial charge on any atom is 0.227 e.